The Balaban J connectivity index is 0.00000364. The van der Waals surface area contributed by atoms with Crippen LogP contribution in [0.5, 0.6) is 0 Å². The molecule has 2 rings (SSSR count). The highest BCUT2D eigenvalue weighted by molar-refractivity contribution is 5.23. The molecule has 2 aromatic rings. The van der Waals surface area contributed by atoms with Crippen LogP contribution in [0.15, 0.2) is 54.9 Å². The van der Waals surface area contributed by atoms with Gasteiger partial charge in [0.2, 0.25) is 0 Å². The van der Waals surface area contributed by atoms with Crippen molar-refractivity contribution in [2.75, 3.05) is 6.61 Å². The largest absolute Gasteiger partial charge is 1.00 e. The molecule has 0 radical (unpaired) electrons. The number of hydrogen-bond acceptors (Lipinski definition) is 1. The van der Waals surface area contributed by atoms with Gasteiger partial charge in [0.1, 0.15) is 6.54 Å². The summed E-state index contributed by atoms with van der Waals surface area (Å²) in [6.07, 6.45) is 18.4. The first-order valence-electron chi connectivity index (χ1n) is 10.5. The van der Waals surface area contributed by atoms with E-state index in [-0.39, 0.29) is 12.4 Å². The van der Waals surface area contributed by atoms with E-state index in [9.17, 15) is 0 Å². The van der Waals surface area contributed by atoms with Gasteiger partial charge in [-0.05, 0) is 30.4 Å². The molecule has 0 aliphatic carbocycles. The molecule has 0 saturated carbocycles. The molecule has 3 heteroatoms. The Morgan fingerprint density at radius 1 is 0.593 bits per heavy atom. The van der Waals surface area contributed by atoms with E-state index in [1.807, 2.05) is 0 Å². The van der Waals surface area contributed by atoms with Gasteiger partial charge in [-0.1, -0.05) is 75.3 Å². The number of pyridine rings is 1. The molecule has 27 heavy (non-hydrogen) atoms. The summed E-state index contributed by atoms with van der Waals surface area (Å²) >= 11 is 0. The fourth-order valence-corrected chi connectivity index (χ4v) is 3.41. The fourth-order valence-electron chi connectivity index (χ4n) is 3.41. The number of aliphatic hydroxyl groups is 1. The lowest BCUT2D eigenvalue weighted by Gasteiger charge is -2.03. The van der Waals surface area contributed by atoms with Crippen LogP contribution in [0.2, 0.25) is 0 Å². The molecule has 150 valence electrons. The van der Waals surface area contributed by atoms with Crippen molar-refractivity contribution in [2.45, 2.75) is 77.2 Å². The fraction of sp³-hybridized carbons (Fsp3) is 0.542. The minimum atomic E-state index is 0. The summed E-state index contributed by atoms with van der Waals surface area (Å²) in [5, 5.41) is 8.74. The van der Waals surface area contributed by atoms with Gasteiger partial charge in [0.25, 0.3) is 0 Å². The molecule has 1 aromatic carbocycles. The first kappa shape index (κ1) is 23.7. The van der Waals surface area contributed by atoms with E-state index in [1.165, 1.54) is 68.9 Å². The van der Waals surface area contributed by atoms with Crippen molar-refractivity contribution in [3.8, 4) is 0 Å². The first-order valence-corrected chi connectivity index (χ1v) is 10.5. The van der Waals surface area contributed by atoms with E-state index < -0.39 is 0 Å². The molecule has 1 N–H and O–H groups in total. The molecule has 0 spiro atoms. The Labute approximate surface area is 172 Å². The molecule has 2 nitrogen and oxygen atoms in total. The minimum absolute atomic E-state index is 0. The van der Waals surface area contributed by atoms with Gasteiger partial charge >= 0.3 is 0 Å². The maximum Gasteiger partial charge on any atom is 0.169 e. The Kier molecular flexibility index (Phi) is 13.7. The van der Waals surface area contributed by atoms with Crippen molar-refractivity contribution in [1.82, 2.24) is 0 Å². The standard InChI is InChI=1S/C24H36NO.ClH/c26-21-13-8-6-4-2-1-3-5-7-12-18-25-19-16-24(17-20-25)22-23-14-10-9-11-15-23;/h9-11,14-17,19-20,26H,1-8,12-13,18,21-22H2;1H/q+1;/p-1. The number of benzene rings is 1. The van der Waals surface area contributed by atoms with Crippen LogP contribution in [0.1, 0.15) is 75.3 Å². The highest BCUT2D eigenvalue weighted by Crippen LogP contribution is 2.11. The lowest BCUT2D eigenvalue weighted by molar-refractivity contribution is -0.697. The van der Waals surface area contributed by atoms with Crippen LogP contribution in [0.25, 0.3) is 0 Å². The number of aliphatic hydroxyl groups excluding tert-OH is 1. The van der Waals surface area contributed by atoms with Crippen molar-refractivity contribution >= 4 is 0 Å². The number of rotatable bonds is 14. The Morgan fingerprint density at radius 2 is 1.07 bits per heavy atom. The van der Waals surface area contributed by atoms with Crippen molar-refractivity contribution in [2.24, 2.45) is 0 Å². The summed E-state index contributed by atoms with van der Waals surface area (Å²) in [4.78, 5) is 0. The summed E-state index contributed by atoms with van der Waals surface area (Å²) in [6.45, 7) is 1.49. The summed E-state index contributed by atoms with van der Waals surface area (Å²) in [5.41, 5.74) is 2.75. The molecule has 0 unspecified atom stereocenters. The molecule has 1 aromatic heterocycles. The van der Waals surface area contributed by atoms with E-state index in [1.54, 1.807) is 0 Å². The van der Waals surface area contributed by atoms with Gasteiger partial charge in [0.05, 0.1) is 0 Å². The molecular weight excluding hydrogens is 354 g/mol. The van der Waals surface area contributed by atoms with Gasteiger partial charge in [0.15, 0.2) is 12.4 Å². The van der Waals surface area contributed by atoms with Crippen molar-refractivity contribution in [1.29, 1.82) is 0 Å². The molecule has 0 atom stereocenters. The summed E-state index contributed by atoms with van der Waals surface area (Å²) in [6, 6.07) is 15.2. The third-order valence-electron chi connectivity index (χ3n) is 5.04. The van der Waals surface area contributed by atoms with Crippen molar-refractivity contribution in [3.05, 3.63) is 66.0 Å². The second-order valence-corrected chi connectivity index (χ2v) is 7.37. The number of nitrogens with zero attached hydrogens (tertiary/aromatic N) is 1. The first-order chi connectivity index (χ1) is 12.9. The normalized spacial score (nSPS) is 10.6. The number of aromatic nitrogens is 1. The minimum Gasteiger partial charge on any atom is -1.00 e. The summed E-state index contributed by atoms with van der Waals surface area (Å²) < 4.78 is 2.32. The lowest BCUT2D eigenvalue weighted by atomic mass is 10.1. The van der Waals surface area contributed by atoms with Crippen LogP contribution >= 0.6 is 0 Å². The molecule has 0 amide bonds. The van der Waals surface area contributed by atoms with Gasteiger partial charge in [-0.15, -0.1) is 0 Å². The van der Waals surface area contributed by atoms with E-state index in [0.717, 1.165) is 19.4 Å². The van der Waals surface area contributed by atoms with Crippen LogP contribution in [-0.2, 0) is 13.0 Å². The third kappa shape index (κ3) is 11.1. The van der Waals surface area contributed by atoms with Crippen LogP contribution in [0.4, 0.5) is 0 Å². The van der Waals surface area contributed by atoms with Gasteiger partial charge in [0, 0.05) is 25.2 Å². The molecule has 0 fully saturated rings. The zero-order valence-electron chi connectivity index (χ0n) is 16.7. The van der Waals surface area contributed by atoms with Crippen molar-refractivity contribution in [3.63, 3.8) is 0 Å². The zero-order valence-corrected chi connectivity index (χ0v) is 17.4. The monoisotopic (exact) mass is 389 g/mol. The van der Waals surface area contributed by atoms with Crippen molar-refractivity contribution < 1.29 is 22.1 Å². The molecule has 0 aliphatic rings. The van der Waals surface area contributed by atoms with E-state index in [2.05, 4.69) is 59.4 Å². The zero-order chi connectivity index (χ0) is 18.3. The number of hydrogen-bond donors (Lipinski definition) is 1. The molecule has 1 heterocycles. The Morgan fingerprint density at radius 3 is 1.63 bits per heavy atom. The number of unbranched alkanes of at least 4 members (excludes halogenated alkanes) is 9. The topological polar surface area (TPSA) is 24.1 Å². The van der Waals surface area contributed by atoms with Crippen LogP contribution in [0, 0.1) is 0 Å². The molecule has 0 bridgehead atoms. The number of aryl methyl sites for hydroxylation is 1. The van der Waals surface area contributed by atoms with Gasteiger partial charge < -0.3 is 17.5 Å². The second kappa shape index (κ2) is 15.7. The quantitative estimate of drug-likeness (QED) is 0.389. The van der Waals surface area contributed by atoms with Gasteiger partial charge in [-0.2, -0.15) is 0 Å². The van der Waals surface area contributed by atoms with Crippen LogP contribution < -0.4 is 17.0 Å². The second-order valence-electron chi connectivity index (χ2n) is 7.37. The SMILES string of the molecule is OCCCCCCCCCCCC[n+]1ccc(Cc2ccccc2)cc1.[Cl-]. The average Bonchev–Trinajstić information content (AvgIpc) is 2.68. The highest BCUT2D eigenvalue weighted by Gasteiger charge is 2.02. The Hall–Kier alpha value is -1.38. The van der Waals surface area contributed by atoms with E-state index in [0.29, 0.717) is 6.61 Å². The predicted octanol–water partition coefficient (Wildman–Crippen LogP) is 2.46. The van der Waals surface area contributed by atoms with Gasteiger partial charge in [-0.3, -0.25) is 0 Å². The van der Waals surface area contributed by atoms with Crippen LogP contribution in [-0.4, -0.2) is 11.7 Å². The smallest absolute Gasteiger partial charge is 0.169 e. The van der Waals surface area contributed by atoms with Crippen LogP contribution in [0.3, 0.4) is 0 Å². The molecular formula is C24H36ClNO. The average molecular weight is 390 g/mol. The Bertz CT molecular complexity index is 571. The summed E-state index contributed by atoms with van der Waals surface area (Å²) in [7, 11) is 0. The molecule has 0 saturated heterocycles. The third-order valence-corrected chi connectivity index (χ3v) is 5.04. The predicted molar refractivity (Wildman–Crippen MR) is 109 cm³/mol. The van der Waals surface area contributed by atoms with E-state index in [4.69, 9.17) is 5.11 Å². The maximum atomic E-state index is 8.74. The molecule has 0 aliphatic heterocycles. The highest BCUT2D eigenvalue weighted by atomic mass is 35.5. The summed E-state index contributed by atoms with van der Waals surface area (Å²) in [5.74, 6) is 0. The lowest BCUT2D eigenvalue weighted by Crippen LogP contribution is -3.00. The maximum absolute atomic E-state index is 8.74. The number of halogens is 1. The van der Waals surface area contributed by atoms with Gasteiger partial charge in [-0.25, -0.2) is 4.57 Å². The van der Waals surface area contributed by atoms with E-state index >= 15 is 0 Å².